The van der Waals surface area contributed by atoms with Gasteiger partial charge in [0.2, 0.25) is 5.82 Å². The second-order valence-corrected chi connectivity index (χ2v) is 5.89. The van der Waals surface area contributed by atoms with Crippen molar-refractivity contribution in [1.29, 1.82) is 0 Å². The van der Waals surface area contributed by atoms with Crippen LogP contribution in [0.25, 0.3) is 0 Å². The second-order valence-electron chi connectivity index (χ2n) is 5.89. The van der Waals surface area contributed by atoms with Crippen LogP contribution in [0, 0.1) is 10.1 Å². The maximum atomic E-state index is 11.7. The van der Waals surface area contributed by atoms with Gasteiger partial charge in [-0.25, -0.2) is 4.79 Å². The van der Waals surface area contributed by atoms with Crippen LogP contribution in [-0.4, -0.2) is 31.4 Å². The summed E-state index contributed by atoms with van der Waals surface area (Å²) in [5, 5.41) is 28.6. The van der Waals surface area contributed by atoms with Crippen LogP contribution in [-0.2, 0) is 16.8 Å². The van der Waals surface area contributed by atoms with Gasteiger partial charge in [-0.3, -0.25) is 15.4 Å². The number of ether oxygens (including phenoxy) is 1. The number of nitro benzene ring substituents is 1. The van der Waals surface area contributed by atoms with Crippen molar-refractivity contribution >= 4 is 17.5 Å². The fraction of sp³-hybridized carbons (Fsp3) is 0.357. The standard InChI is InChI=1S/C14H16N6O4/c1-14(2,3)12-18-16-11(17-19-12)8-24-13(21)15-9-4-6-10(7-5-9)20(22)23/h4-7H,8H2,1-3H3,(H,15,21). The molecule has 0 saturated heterocycles. The zero-order valence-electron chi connectivity index (χ0n) is 13.4. The highest BCUT2D eigenvalue weighted by Crippen LogP contribution is 2.16. The molecule has 2 rings (SSSR count). The van der Waals surface area contributed by atoms with E-state index in [1.54, 1.807) is 0 Å². The molecule has 1 N–H and O–H groups in total. The Kier molecular flexibility index (Phi) is 4.97. The number of hydrogen-bond acceptors (Lipinski definition) is 8. The number of amides is 1. The first-order chi connectivity index (χ1) is 11.3. The number of nitrogens with zero attached hydrogens (tertiary/aromatic N) is 5. The molecule has 2 aromatic rings. The first-order valence-corrected chi connectivity index (χ1v) is 7.01. The Bertz CT molecular complexity index is 724. The quantitative estimate of drug-likeness (QED) is 0.665. The molecule has 0 aliphatic rings. The highest BCUT2D eigenvalue weighted by molar-refractivity contribution is 5.84. The van der Waals surface area contributed by atoms with Crippen LogP contribution < -0.4 is 5.32 Å². The normalized spacial score (nSPS) is 11.0. The predicted octanol–water partition coefficient (Wildman–Crippen LogP) is 2.22. The minimum Gasteiger partial charge on any atom is -0.441 e. The van der Waals surface area contributed by atoms with Crippen LogP contribution in [0.3, 0.4) is 0 Å². The van der Waals surface area contributed by atoms with Crippen LogP contribution in [0.15, 0.2) is 24.3 Å². The van der Waals surface area contributed by atoms with E-state index in [0.717, 1.165) is 0 Å². The lowest BCUT2D eigenvalue weighted by molar-refractivity contribution is -0.384. The molecule has 1 aromatic heterocycles. The number of aromatic nitrogens is 4. The summed E-state index contributed by atoms with van der Waals surface area (Å²) in [5.41, 5.74) is 0.0245. The van der Waals surface area contributed by atoms with E-state index in [1.807, 2.05) is 20.8 Å². The molecule has 24 heavy (non-hydrogen) atoms. The number of carbonyl (C=O) groups is 1. The number of hydrogen-bond donors (Lipinski definition) is 1. The minimum absolute atomic E-state index is 0.0709. The van der Waals surface area contributed by atoms with Gasteiger partial charge in [0.05, 0.1) is 4.92 Å². The Balaban J connectivity index is 1.87. The Morgan fingerprint density at radius 1 is 1.17 bits per heavy atom. The first-order valence-electron chi connectivity index (χ1n) is 7.01. The van der Waals surface area contributed by atoms with E-state index in [-0.39, 0.29) is 23.5 Å². The molecule has 1 aromatic carbocycles. The van der Waals surface area contributed by atoms with E-state index in [4.69, 9.17) is 4.74 Å². The summed E-state index contributed by atoms with van der Waals surface area (Å²) in [5.74, 6) is 0.656. The van der Waals surface area contributed by atoms with Crippen LogP contribution >= 0.6 is 0 Å². The van der Waals surface area contributed by atoms with E-state index in [9.17, 15) is 14.9 Å². The molecule has 0 atom stereocenters. The average molecular weight is 332 g/mol. The number of nitro groups is 1. The van der Waals surface area contributed by atoms with Crippen molar-refractivity contribution in [2.45, 2.75) is 32.8 Å². The molecule has 0 aliphatic heterocycles. The maximum Gasteiger partial charge on any atom is 0.412 e. The highest BCUT2D eigenvalue weighted by Gasteiger charge is 2.18. The summed E-state index contributed by atoms with van der Waals surface area (Å²) in [4.78, 5) is 21.7. The predicted molar refractivity (Wildman–Crippen MR) is 83.2 cm³/mol. The highest BCUT2D eigenvalue weighted by atomic mass is 16.6. The largest absolute Gasteiger partial charge is 0.441 e. The SMILES string of the molecule is CC(C)(C)c1nnc(COC(=O)Nc2ccc([N+](=O)[O-])cc2)nn1. The topological polar surface area (TPSA) is 133 Å². The van der Waals surface area contributed by atoms with Gasteiger partial charge < -0.3 is 4.74 Å². The van der Waals surface area contributed by atoms with Gasteiger partial charge in [-0.05, 0) is 12.1 Å². The third-order valence-corrected chi connectivity index (χ3v) is 2.85. The molecule has 10 heteroatoms. The zero-order chi connectivity index (χ0) is 17.7. The summed E-state index contributed by atoms with van der Waals surface area (Å²) in [6, 6.07) is 5.35. The van der Waals surface area contributed by atoms with Crippen molar-refractivity contribution in [3.05, 3.63) is 46.0 Å². The molecular weight excluding hydrogens is 316 g/mol. The maximum absolute atomic E-state index is 11.7. The molecule has 0 spiro atoms. The van der Waals surface area contributed by atoms with Crippen molar-refractivity contribution in [3.63, 3.8) is 0 Å². The summed E-state index contributed by atoms with van der Waals surface area (Å²) < 4.78 is 4.95. The van der Waals surface area contributed by atoms with Crippen LogP contribution in [0.1, 0.15) is 32.4 Å². The molecule has 0 aliphatic carbocycles. The minimum atomic E-state index is -0.743. The summed E-state index contributed by atoms with van der Waals surface area (Å²) >= 11 is 0. The number of nitrogens with one attached hydrogen (secondary N) is 1. The van der Waals surface area contributed by atoms with Gasteiger partial charge in [0, 0.05) is 23.2 Å². The van der Waals surface area contributed by atoms with E-state index in [1.165, 1.54) is 24.3 Å². The van der Waals surface area contributed by atoms with Gasteiger partial charge >= 0.3 is 6.09 Å². The molecule has 0 fully saturated rings. The van der Waals surface area contributed by atoms with Crippen LogP contribution in [0.5, 0.6) is 0 Å². The van der Waals surface area contributed by atoms with Crippen LogP contribution in [0.4, 0.5) is 16.2 Å². The van der Waals surface area contributed by atoms with Crippen LogP contribution in [0.2, 0.25) is 0 Å². The average Bonchev–Trinajstić information content (AvgIpc) is 2.53. The molecule has 10 nitrogen and oxygen atoms in total. The van der Waals surface area contributed by atoms with Gasteiger partial charge in [0.15, 0.2) is 12.4 Å². The molecular formula is C14H16N6O4. The molecule has 126 valence electrons. The molecule has 0 radical (unpaired) electrons. The van der Waals surface area contributed by atoms with Crippen molar-refractivity contribution in [2.75, 3.05) is 5.32 Å². The van der Waals surface area contributed by atoms with Crippen molar-refractivity contribution in [3.8, 4) is 0 Å². The zero-order valence-corrected chi connectivity index (χ0v) is 13.4. The first kappa shape index (κ1) is 17.2. The molecule has 1 heterocycles. The monoisotopic (exact) mass is 332 g/mol. The second kappa shape index (κ2) is 6.94. The summed E-state index contributed by atoms with van der Waals surface area (Å²) in [6.45, 7) is 5.60. The third kappa shape index (κ3) is 4.66. The lowest BCUT2D eigenvalue weighted by Gasteiger charge is -2.14. The Morgan fingerprint density at radius 2 is 1.75 bits per heavy atom. The number of carbonyl (C=O) groups excluding carboxylic acids is 1. The fourth-order valence-electron chi connectivity index (χ4n) is 1.56. The van der Waals surface area contributed by atoms with Crippen molar-refractivity contribution < 1.29 is 14.5 Å². The van der Waals surface area contributed by atoms with Gasteiger partial charge in [0.25, 0.3) is 5.69 Å². The number of rotatable bonds is 4. The van der Waals surface area contributed by atoms with Gasteiger partial charge in [-0.2, -0.15) is 0 Å². The van der Waals surface area contributed by atoms with E-state index >= 15 is 0 Å². The number of anilines is 1. The lowest BCUT2D eigenvalue weighted by atomic mass is 9.96. The lowest BCUT2D eigenvalue weighted by Crippen LogP contribution is -2.20. The smallest absolute Gasteiger partial charge is 0.412 e. The van der Waals surface area contributed by atoms with Gasteiger partial charge in [0.1, 0.15) is 0 Å². The molecule has 0 saturated carbocycles. The Labute approximate surface area is 137 Å². The van der Waals surface area contributed by atoms with Gasteiger partial charge in [-0.1, -0.05) is 20.8 Å². The van der Waals surface area contributed by atoms with E-state index in [2.05, 4.69) is 25.7 Å². The van der Waals surface area contributed by atoms with Crippen molar-refractivity contribution in [1.82, 2.24) is 20.4 Å². The molecule has 0 unspecified atom stereocenters. The van der Waals surface area contributed by atoms with Crippen molar-refractivity contribution in [2.24, 2.45) is 0 Å². The van der Waals surface area contributed by atoms with E-state index in [0.29, 0.717) is 11.5 Å². The Morgan fingerprint density at radius 3 is 2.25 bits per heavy atom. The fourth-order valence-corrected chi connectivity index (χ4v) is 1.56. The number of benzene rings is 1. The number of non-ortho nitro benzene ring substituents is 1. The molecule has 1 amide bonds. The molecule has 0 bridgehead atoms. The summed E-state index contributed by atoms with van der Waals surface area (Å²) in [7, 11) is 0. The van der Waals surface area contributed by atoms with E-state index < -0.39 is 11.0 Å². The summed E-state index contributed by atoms with van der Waals surface area (Å²) in [6.07, 6.45) is -0.743. The third-order valence-electron chi connectivity index (χ3n) is 2.85. The Hall–Kier alpha value is -3.17. The van der Waals surface area contributed by atoms with Gasteiger partial charge in [-0.15, -0.1) is 20.4 Å².